The smallest absolute Gasteiger partial charge is 0.176 e. The molecular formula is C21H20N2O2. The van der Waals surface area contributed by atoms with Crippen molar-refractivity contribution in [3.05, 3.63) is 71.8 Å². The molecule has 1 N–H and O–H groups in total. The fourth-order valence-corrected chi connectivity index (χ4v) is 2.67. The van der Waals surface area contributed by atoms with Gasteiger partial charge in [-0.05, 0) is 55.2 Å². The SMILES string of the molecule is CN(C)CC(=O)c1ccc(N=Cc2c(O)ccc3ccccc23)cc1. The second-order valence-corrected chi connectivity index (χ2v) is 6.19. The number of carbonyl (C=O) groups is 1. The van der Waals surface area contributed by atoms with E-state index >= 15 is 0 Å². The highest BCUT2D eigenvalue weighted by Gasteiger charge is 2.07. The molecule has 3 rings (SSSR count). The Morgan fingerprint density at radius 1 is 1.04 bits per heavy atom. The van der Waals surface area contributed by atoms with Gasteiger partial charge in [0.1, 0.15) is 5.75 Å². The zero-order chi connectivity index (χ0) is 17.8. The minimum absolute atomic E-state index is 0.0761. The summed E-state index contributed by atoms with van der Waals surface area (Å²) in [4.78, 5) is 18.3. The van der Waals surface area contributed by atoms with E-state index in [1.165, 1.54) is 0 Å². The monoisotopic (exact) mass is 332 g/mol. The van der Waals surface area contributed by atoms with Gasteiger partial charge in [0.25, 0.3) is 0 Å². The molecule has 0 spiro atoms. The Hall–Kier alpha value is -2.98. The molecule has 4 nitrogen and oxygen atoms in total. The van der Waals surface area contributed by atoms with Crippen molar-refractivity contribution in [2.45, 2.75) is 0 Å². The first-order chi connectivity index (χ1) is 12.0. The van der Waals surface area contributed by atoms with Crippen molar-refractivity contribution in [1.82, 2.24) is 4.90 Å². The standard InChI is InChI=1S/C21H20N2O2/c1-23(2)14-21(25)16-7-10-17(11-8-16)22-13-19-18-6-4-3-5-15(18)9-12-20(19)24/h3-13,24H,14H2,1-2H3. The van der Waals surface area contributed by atoms with Gasteiger partial charge < -0.3 is 10.0 Å². The molecule has 0 amide bonds. The lowest BCUT2D eigenvalue weighted by molar-refractivity contribution is 0.0958. The number of hydrogen-bond acceptors (Lipinski definition) is 4. The molecular weight excluding hydrogens is 312 g/mol. The maximum absolute atomic E-state index is 12.0. The van der Waals surface area contributed by atoms with Gasteiger partial charge in [0.05, 0.1) is 12.2 Å². The number of likely N-dealkylation sites (N-methyl/N-ethyl adjacent to an activating group) is 1. The van der Waals surface area contributed by atoms with Gasteiger partial charge in [-0.25, -0.2) is 0 Å². The summed E-state index contributed by atoms with van der Waals surface area (Å²) in [5.41, 5.74) is 2.08. The average molecular weight is 332 g/mol. The van der Waals surface area contributed by atoms with Crippen molar-refractivity contribution < 1.29 is 9.90 Å². The first-order valence-electron chi connectivity index (χ1n) is 8.07. The Labute approximate surface area is 147 Å². The Kier molecular flexibility index (Phi) is 4.91. The van der Waals surface area contributed by atoms with E-state index in [9.17, 15) is 9.90 Å². The van der Waals surface area contributed by atoms with Gasteiger partial charge in [0.15, 0.2) is 5.78 Å². The first-order valence-corrected chi connectivity index (χ1v) is 8.07. The lowest BCUT2D eigenvalue weighted by Crippen LogP contribution is -2.21. The molecule has 126 valence electrons. The van der Waals surface area contributed by atoms with E-state index < -0.39 is 0 Å². The van der Waals surface area contributed by atoms with Crippen LogP contribution < -0.4 is 0 Å². The second kappa shape index (κ2) is 7.28. The number of carbonyl (C=O) groups excluding carboxylic acids is 1. The summed E-state index contributed by atoms with van der Waals surface area (Å²) in [7, 11) is 3.74. The number of phenolic OH excluding ortho intramolecular Hbond substituents is 1. The predicted molar refractivity (Wildman–Crippen MR) is 102 cm³/mol. The summed E-state index contributed by atoms with van der Waals surface area (Å²) in [6, 6.07) is 18.6. The minimum Gasteiger partial charge on any atom is -0.507 e. The van der Waals surface area contributed by atoms with Gasteiger partial charge in [-0.1, -0.05) is 30.3 Å². The second-order valence-electron chi connectivity index (χ2n) is 6.19. The zero-order valence-electron chi connectivity index (χ0n) is 14.3. The van der Waals surface area contributed by atoms with Crippen LogP contribution >= 0.6 is 0 Å². The molecule has 0 heterocycles. The molecule has 0 aliphatic carbocycles. The lowest BCUT2D eigenvalue weighted by Gasteiger charge is -2.08. The van der Waals surface area contributed by atoms with Crippen molar-refractivity contribution in [3.8, 4) is 5.75 Å². The molecule has 0 atom stereocenters. The fraction of sp³-hybridized carbons (Fsp3) is 0.143. The van der Waals surface area contributed by atoms with Gasteiger partial charge >= 0.3 is 0 Å². The molecule has 0 fully saturated rings. The largest absolute Gasteiger partial charge is 0.507 e. The number of hydrogen-bond donors (Lipinski definition) is 1. The van der Waals surface area contributed by atoms with Crippen LogP contribution in [0, 0.1) is 0 Å². The van der Waals surface area contributed by atoms with Gasteiger partial charge in [-0.3, -0.25) is 9.79 Å². The van der Waals surface area contributed by atoms with Crippen LogP contribution in [0.2, 0.25) is 0 Å². The molecule has 0 unspecified atom stereocenters. The number of Topliss-reactive ketones (excluding diaryl/α,β-unsaturated/α-hetero) is 1. The lowest BCUT2D eigenvalue weighted by atomic mass is 10.0. The van der Waals surface area contributed by atoms with Crippen molar-refractivity contribution >= 4 is 28.5 Å². The van der Waals surface area contributed by atoms with Crippen LogP contribution in [0.3, 0.4) is 0 Å². The maximum Gasteiger partial charge on any atom is 0.176 e. The summed E-state index contributed by atoms with van der Waals surface area (Å²) in [5, 5.41) is 12.1. The molecule has 0 radical (unpaired) electrons. The third kappa shape index (κ3) is 3.92. The number of nitrogens with zero attached hydrogens (tertiary/aromatic N) is 2. The van der Waals surface area contributed by atoms with Gasteiger partial charge in [-0.2, -0.15) is 0 Å². The Balaban J connectivity index is 1.86. The van der Waals surface area contributed by atoms with Crippen LogP contribution in [0.1, 0.15) is 15.9 Å². The third-order valence-corrected chi connectivity index (χ3v) is 3.94. The summed E-state index contributed by atoms with van der Waals surface area (Å²) in [6.07, 6.45) is 1.66. The fourth-order valence-electron chi connectivity index (χ4n) is 2.67. The number of ketones is 1. The van der Waals surface area contributed by atoms with Crippen molar-refractivity contribution in [2.24, 2.45) is 4.99 Å². The number of phenols is 1. The molecule has 4 heteroatoms. The van der Waals surface area contributed by atoms with Crippen LogP contribution in [0.5, 0.6) is 5.75 Å². The molecule has 0 aliphatic rings. The van der Waals surface area contributed by atoms with Crippen molar-refractivity contribution in [3.63, 3.8) is 0 Å². The van der Waals surface area contributed by atoms with E-state index in [1.54, 1.807) is 24.4 Å². The highest BCUT2D eigenvalue weighted by Crippen LogP contribution is 2.26. The summed E-state index contributed by atoms with van der Waals surface area (Å²) in [5.74, 6) is 0.271. The van der Waals surface area contributed by atoms with Crippen molar-refractivity contribution in [2.75, 3.05) is 20.6 Å². The maximum atomic E-state index is 12.0. The molecule has 0 bridgehead atoms. The summed E-state index contributed by atoms with van der Waals surface area (Å²) >= 11 is 0. The average Bonchev–Trinajstić information content (AvgIpc) is 2.61. The summed E-state index contributed by atoms with van der Waals surface area (Å²) in [6.45, 7) is 0.381. The van der Waals surface area contributed by atoms with Crippen LogP contribution in [0.4, 0.5) is 5.69 Å². The highest BCUT2D eigenvalue weighted by molar-refractivity contribution is 6.03. The number of benzene rings is 3. The van der Waals surface area contributed by atoms with Crippen LogP contribution in [0.15, 0.2) is 65.7 Å². The quantitative estimate of drug-likeness (QED) is 0.567. The zero-order valence-corrected chi connectivity index (χ0v) is 14.3. The minimum atomic E-state index is 0.0761. The van der Waals surface area contributed by atoms with E-state index in [-0.39, 0.29) is 11.5 Å². The van der Waals surface area contributed by atoms with E-state index in [0.29, 0.717) is 17.7 Å². The summed E-state index contributed by atoms with van der Waals surface area (Å²) < 4.78 is 0. The van der Waals surface area contributed by atoms with Gasteiger partial charge in [0.2, 0.25) is 0 Å². The normalized spacial score (nSPS) is 11.5. The Morgan fingerprint density at radius 3 is 2.48 bits per heavy atom. The molecule has 25 heavy (non-hydrogen) atoms. The number of aliphatic imine (C=N–C) groups is 1. The number of rotatable bonds is 5. The van der Waals surface area contributed by atoms with Crippen LogP contribution in [-0.4, -0.2) is 42.6 Å². The van der Waals surface area contributed by atoms with Crippen molar-refractivity contribution in [1.29, 1.82) is 0 Å². The van der Waals surface area contributed by atoms with Gasteiger partial charge in [-0.15, -0.1) is 0 Å². The van der Waals surface area contributed by atoms with E-state index in [0.717, 1.165) is 16.5 Å². The molecule has 3 aromatic carbocycles. The predicted octanol–water partition coefficient (Wildman–Crippen LogP) is 4.04. The van der Waals surface area contributed by atoms with E-state index in [2.05, 4.69) is 4.99 Å². The molecule has 0 aliphatic heterocycles. The first kappa shape index (κ1) is 16.9. The highest BCUT2D eigenvalue weighted by atomic mass is 16.3. The van der Waals surface area contributed by atoms with E-state index in [4.69, 9.17) is 0 Å². The number of fused-ring (bicyclic) bond motifs is 1. The molecule has 0 saturated heterocycles. The van der Waals surface area contributed by atoms with Crippen LogP contribution in [0.25, 0.3) is 10.8 Å². The molecule has 0 aromatic heterocycles. The Morgan fingerprint density at radius 2 is 1.76 bits per heavy atom. The Bertz CT molecular complexity index is 928. The number of aromatic hydroxyl groups is 1. The third-order valence-electron chi connectivity index (χ3n) is 3.94. The van der Waals surface area contributed by atoms with E-state index in [1.807, 2.05) is 61.5 Å². The topological polar surface area (TPSA) is 52.9 Å². The van der Waals surface area contributed by atoms with Crippen LogP contribution in [-0.2, 0) is 0 Å². The molecule has 0 saturated carbocycles. The van der Waals surface area contributed by atoms with Gasteiger partial charge in [0, 0.05) is 17.3 Å². The molecule has 3 aromatic rings.